The molecule has 0 spiro atoms. The minimum Gasteiger partial charge on any atom is -0.493 e. The lowest BCUT2D eigenvalue weighted by molar-refractivity contribution is -0.144. The fraction of sp³-hybridized carbons (Fsp3) is 0.421. The normalized spacial score (nSPS) is 10.6. The lowest BCUT2D eigenvalue weighted by atomic mass is 10.2. The first-order chi connectivity index (χ1) is 12.7. The summed E-state index contributed by atoms with van der Waals surface area (Å²) in [6.07, 6.45) is 2.75. The Morgan fingerprint density at radius 1 is 1.19 bits per heavy atom. The van der Waals surface area contributed by atoms with Crippen LogP contribution in [-0.4, -0.2) is 63.1 Å². The second-order valence-electron chi connectivity index (χ2n) is 6.08. The van der Waals surface area contributed by atoms with Gasteiger partial charge in [-0.1, -0.05) is 6.07 Å². The fourth-order valence-electron chi connectivity index (χ4n) is 1.87. The van der Waals surface area contributed by atoms with E-state index in [9.17, 15) is 14.4 Å². The molecule has 0 aliphatic rings. The number of ether oxygens (including phenoxy) is 3. The van der Waals surface area contributed by atoms with Gasteiger partial charge < -0.3 is 24.4 Å². The molecule has 8 heteroatoms. The van der Waals surface area contributed by atoms with E-state index in [1.807, 2.05) is 13.8 Å². The van der Waals surface area contributed by atoms with Crippen molar-refractivity contribution in [3.8, 4) is 11.5 Å². The van der Waals surface area contributed by atoms with Gasteiger partial charge in [-0.2, -0.15) is 0 Å². The van der Waals surface area contributed by atoms with Crippen molar-refractivity contribution in [1.82, 2.24) is 10.2 Å². The van der Waals surface area contributed by atoms with E-state index in [0.29, 0.717) is 17.1 Å². The number of nitrogens with one attached hydrogen (secondary N) is 1. The number of rotatable bonds is 9. The third-order valence-corrected chi connectivity index (χ3v) is 3.24. The van der Waals surface area contributed by atoms with Crippen LogP contribution in [0.2, 0.25) is 0 Å². The summed E-state index contributed by atoms with van der Waals surface area (Å²) in [5.74, 6) is -0.330. The van der Waals surface area contributed by atoms with Crippen LogP contribution in [-0.2, 0) is 19.1 Å². The first-order valence-corrected chi connectivity index (χ1v) is 8.39. The molecule has 0 aliphatic carbocycles. The van der Waals surface area contributed by atoms with Crippen molar-refractivity contribution in [3.05, 3.63) is 29.8 Å². The molecule has 0 bridgehead atoms. The molecule has 0 fully saturated rings. The maximum atomic E-state index is 11.7. The van der Waals surface area contributed by atoms with Gasteiger partial charge in [0.05, 0.1) is 19.8 Å². The standard InChI is InChI=1S/C19H26N2O6/c1-13(2)27-15-8-6-14(10-16(15)25-5)7-9-19(24)26-12-17(22)20-11-18(23)21(3)4/h6-10,13H,11-12H2,1-5H3,(H,20,22)/b9-7+. The highest BCUT2D eigenvalue weighted by Gasteiger charge is 2.09. The molecule has 27 heavy (non-hydrogen) atoms. The molecule has 1 aromatic rings. The van der Waals surface area contributed by atoms with Crippen LogP contribution in [0.1, 0.15) is 19.4 Å². The smallest absolute Gasteiger partial charge is 0.331 e. The minimum atomic E-state index is -0.675. The van der Waals surface area contributed by atoms with Crippen molar-refractivity contribution in [2.45, 2.75) is 20.0 Å². The summed E-state index contributed by atoms with van der Waals surface area (Å²) in [4.78, 5) is 36.0. The first kappa shape index (κ1) is 22.0. The average molecular weight is 378 g/mol. The molecule has 0 saturated carbocycles. The Kier molecular flexibility index (Phi) is 8.84. The Labute approximate surface area is 159 Å². The number of amides is 2. The highest BCUT2D eigenvalue weighted by Crippen LogP contribution is 2.29. The molecule has 0 atom stereocenters. The summed E-state index contributed by atoms with van der Waals surface area (Å²) in [6, 6.07) is 5.24. The van der Waals surface area contributed by atoms with Gasteiger partial charge in [-0.3, -0.25) is 9.59 Å². The van der Waals surface area contributed by atoms with Crippen LogP contribution < -0.4 is 14.8 Å². The van der Waals surface area contributed by atoms with Gasteiger partial charge >= 0.3 is 5.97 Å². The van der Waals surface area contributed by atoms with Crippen LogP contribution in [0.3, 0.4) is 0 Å². The van der Waals surface area contributed by atoms with E-state index in [4.69, 9.17) is 14.2 Å². The van der Waals surface area contributed by atoms with Gasteiger partial charge in [-0.05, 0) is 37.6 Å². The Morgan fingerprint density at radius 3 is 2.48 bits per heavy atom. The molecule has 2 amide bonds. The van der Waals surface area contributed by atoms with Crippen LogP contribution in [0.15, 0.2) is 24.3 Å². The number of benzene rings is 1. The van der Waals surface area contributed by atoms with Crippen molar-refractivity contribution in [3.63, 3.8) is 0 Å². The fourth-order valence-corrected chi connectivity index (χ4v) is 1.87. The third kappa shape index (κ3) is 8.26. The Balaban J connectivity index is 2.53. The van der Waals surface area contributed by atoms with Crippen molar-refractivity contribution in [2.75, 3.05) is 34.4 Å². The maximum Gasteiger partial charge on any atom is 0.331 e. The summed E-state index contributed by atoms with van der Waals surface area (Å²) in [5, 5.41) is 2.37. The number of hydrogen-bond acceptors (Lipinski definition) is 6. The van der Waals surface area contributed by atoms with Gasteiger partial charge in [0, 0.05) is 20.2 Å². The molecule has 0 saturated heterocycles. The topological polar surface area (TPSA) is 94.2 Å². The van der Waals surface area contributed by atoms with E-state index < -0.39 is 18.5 Å². The molecule has 148 valence electrons. The highest BCUT2D eigenvalue weighted by molar-refractivity contribution is 5.90. The first-order valence-electron chi connectivity index (χ1n) is 8.39. The van der Waals surface area contributed by atoms with E-state index in [1.54, 1.807) is 32.3 Å². The number of esters is 1. The van der Waals surface area contributed by atoms with E-state index in [2.05, 4.69) is 5.32 Å². The van der Waals surface area contributed by atoms with E-state index in [1.165, 1.54) is 24.2 Å². The van der Waals surface area contributed by atoms with Gasteiger partial charge in [-0.15, -0.1) is 0 Å². The molecule has 1 aromatic carbocycles. The number of carbonyl (C=O) groups excluding carboxylic acids is 3. The van der Waals surface area contributed by atoms with Crippen LogP contribution in [0.25, 0.3) is 6.08 Å². The minimum absolute atomic E-state index is 0.00874. The number of nitrogens with zero attached hydrogens (tertiary/aromatic N) is 1. The van der Waals surface area contributed by atoms with Crippen LogP contribution in [0.4, 0.5) is 0 Å². The highest BCUT2D eigenvalue weighted by atomic mass is 16.5. The van der Waals surface area contributed by atoms with Gasteiger partial charge in [0.1, 0.15) is 0 Å². The van der Waals surface area contributed by atoms with Gasteiger partial charge in [0.15, 0.2) is 18.1 Å². The largest absolute Gasteiger partial charge is 0.493 e. The maximum absolute atomic E-state index is 11.7. The number of carbonyl (C=O) groups is 3. The zero-order chi connectivity index (χ0) is 20.4. The predicted octanol–water partition coefficient (Wildman–Crippen LogP) is 1.24. The zero-order valence-electron chi connectivity index (χ0n) is 16.3. The van der Waals surface area contributed by atoms with E-state index >= 15 is 0 Å². The summed E-state index contributed by atoms with van der Waals surface area (Å²) in [6.45, 7) is 3.21. The summed E-state index contributed by atoms with van der Waals surface area (Å²) >= 11 is 0. The van der Waals surface area contributed by atoms with E-state index in [0.717, 1.165) is 0 Å². The molecule has 0 aromatic heterocycles. The molecule has 1 N–H and O–H groups in total. The zero-order valence-corrected chi connectivity index (χ0v) is 16.3. The molecular weight excluding hydrogens is 352 g/mol. The van der Waals surface area contributed by atoms with Crippen molar-refractivity contribution in [1.29, 1.82) is 0 Å². The Morgan fingerprint density at radius 2 is 1.89 bits per heavy atom. The Bertz CT molecular complexity index is 697. The third-order valence-electron chi connectivity index (χ3n) is 3.24. The molecule has 1 rings (SSSR count). The van der Waals surface area contributed by atoms with Crippen molar-refractivity contribution < 1.29 is 28.6 Å². The molecular formula is C19H26N2O6. The van der Waals surface area contributed by atoms with E-state index in [-0.39, 0.29) is 18.6 Å². The second kappa shape index (κ2) is 10.8. The quantitative estimate of drug-likeness (QED) is 0.513. The number of hydrogen-bond donors (Lipinski definition) is 1. The van der Waals surface area contributed by atoms with Crippen LogP contribution >= 0.6 is 0 Å². The lowest BCUT2D eigenvalue weighted by Gasteiger charge is -2.13. The summed E-state index contributed by atoms with van der Waals surface area (Å²) in [7, 11) is 4.69. The number of likely N-dealkylation sites (N-methyl/N-ethyl adjacent to an activating group) is 1. The predicted molar refractivity (Wildman–Crippen MR) is 100 cm³/mol. The molecule has 0 radical (unpaired) electrons. The second-order valence-corrected chi connectivity index (χ2v) is 6.08. The molecule has 0 heterocycles. The lowest BCUT2D eigenvalue weighted by Crippen LogP contribution is -2.38. The van der Waals surface area contributed by atoms with Crippen LogP contribution in [0, 0.1) is 0 Å². The number of methoxy groups -OCH3 is 1. The van der Waals surface area contributed by atoms with Gasteiger partial charge in [0.2, 0.25) is 5.91 Å². The monoisotopic (exact) mass is 378 g/mol. The molecule has 0 aliphatic heterocycles. The molecule has 8 nitrogen and oxygen atoms in total. The van der Waals surface area contributed by atoms with Crippen LogP contribution in [0.5, 0.6) is 11.5 Å². The van der Waals surface area contributed by atoms with Gasteiger partial charge in [-0.25, -0.2) is 4.79 Å². The van der Waals surface area contributed by atoms with Gasteiger partial charge in [0.25, 0.3) is 5.91 Å². The van der Waals surface area contributed by atoms with Crippen molar-refractivity contribution in [2.24, 2.45) is 0 Å². The SMILES string of the molecule is COc1cc(/C=C/C(=O)OCC(=O)NCC(=O)N(C)C)ccc1OC(C)C. The molecule has 0 unspecified atom stereocenters. The summed E-state index contributed by atoms with van der Waals surface area (Å²) < 4.78 is 15.7. The Hall–Kier alpha value is -3.03. The van der Waals surface area contributed by atoms with Crippen molar-refractivity contribution >= 4 is 23.9 Å². The summed E-state index contributed by atoms with van der Waals surface area (Å²) in [5.41, 5.74) is 0.709. The average Bonchev–Trinajstić information content (AvgIpc) is 2.62.